The van der Waals surface area contributed by atoms with Crippen molar-refractivity contribution >= 4 is 47.3 Å². The molecule has 1 aromatic rings. The van der Waals surface area contributed by atoms with E-state index in [9.17, 15) is 38.7 Å². The van der Waals surface area contributed by atoms with Crippen LogP contribution in [0.1, 0.15) is 40.7 Å². The highest BCUT2D eigenvalue weighted by atomic mass is 16.4. The molecule has 11 N–H and O–H groups in total. The molecular weight excluding hydrogens is 568 g/mol. The summed E-state index contributed by atoms with van der Waals surface area (Å²) in [6, 6.07) is 1.57. The van der Waals surface area contributed by atoms with Gasteiger partial charge in [-0.1, -0.05) is 12.1 Å². The van der Waals surface area contributed by atoms with Crippen LogP contribution in [0.2, 0.25) is 0 Å². The van der Waals surface area contributed by atoms with Crippen molar-refractivity contribution in [3.8, 4) is 0 Å². The fraction of sp³-hybridized carbons (Fsp3) is 0.440. The number of nitrogens with one attached hydrogen (secondary N) is 6. The number of hydrogen-bond acceptors (Lipinski definition) is 12. The van der Waals surface area contributed by atoms with Gasteiger partial charge in [0.2, 0.25) is 23.6 Å². The zero-order chi connectivity index (χ0) is 31.8. The Morgan fingerprint density at radius 2 is 1.81 bits per heavy atom. The Labute approximate surface area is 245 Å². The van der Waals surface area contributed by atoms with Crippen molar-refractivity contribution in [2.45, 2.75) is 44.4 Å². The van der Waals surface area contributed by atoms with E-state index in [0.717, 1.165) is 0 Å². The van der Waals surface area contributed by atoms with Crippen molar-refractivity contribution in [2.24, 2.45) is 21.5 Å². The number of aliphatic imine (C=N–C) groups is 2. The number of ketones is 3. The van der Waals surface area contributed by atoms with Crippen LogP contribution in [-0.2, 0) is 37.1 Å². The molecule has 0 radical (unpaired) electrons. The van der Waals surface area contributed by atoms with Crippen molar-refractivity contribution in [2.75, 3.05) is 26.3 Å². The van der Waals surface area contributed by atoms with E-state index in [-0.39, 0.29) is 50.8 Å². The number of fused-ring (bicyclic) bond motifs is 2. The third kappa shape index (κ3) is 12.2. The van der Waals surface area contributed by atoms with Gasteiger partial charge in [0.25, 0.3) is 0 Å². The predicted molar refractivity (Wildman–Crippen MR) is 150 cm³/mol. The maximum Gasteiger partial charge on any atom is 0.316 e. The number of carboxylic acids is 1. The summed E-state index contributed by atoms with van der Waals surface area (Å²) in [7, 11) is 0. The summed E-state index contributed by atoms with van der Waals surface area (Å²) in [6.45, 7) is -1.12. The normalized spacial score (nSPS) is 18.1. The lowest BCUT2D eigenvalue weighted by Crippen LogP contribution is -2.53. The molecule has 1 aromatic carbocycles. The van der Waals surface area contributed by atoms with Gasteiger partial charge in [0.15, 0.2) is 11.7 Å². The molecule has 0 aromatic heterocycles. The summed E-state index contributed by atoms with van der Waals surface area (Å²) in [4.78, 5) is 91.9. The van der Waals surface area contributed by atoms with Gasteiger partial charge in [-0.05, 0) is 30.0 Å². The highest BCUT2D eigenvalue weighted by Gasteiger charge is 2.28. The Balaban J connectivity index is 2.34. The molecule has 2 bridgehead atoms. The number of aliphatic carboxylic acids is 1. The number of isocyanates is 1. The van der Waals surface area contributed by atoms with Gasteiger partial charge in [-0.2, -0.15) is 4.99 Å². The van der Waals surface area contributed by atoms with Crippen LogP contribution in [0.15, 0.2) is 28.2 Å². The van der Waals surface area contributed by atoms with Crippen LogP contribution in [-0.4, -0.2) is 90.8 Å². The minimum atomic E-state index is -1.34. The zero-order valence-electron chi connectivity index (χ0n) is 23.1. The fourth-order valence-electron chi connectivity index (χ4n) is 3.89. The molecule has 0 saturated heterocycles. The number of hydrogen-bond donors (Lipinski definition) is 9. The van der Waals surface area contributed by atoms with E-state index in [0.29, 0.717) is 17.5 Å². The van der Waals surface area contributed by atoms with Crippen molar-refractivity contribution in [1.82, 2.24) is 32.1 Å². The molecule has 0 aliphatic carbocycles. The van der Waals surface area contributed by atoms with Crippen LogP contribution in [0.4, 0.5) is 4.79 Å². The highest BCUT2D eigenvalue weighted by molar-refractivity contribution is 6.40. The molecule has 2 rings (SSSR count). The standard InChI is InChI=1S/C25H34N10O8/c26-24(27)29-5-1-2-17-22(41)20(38)11-31-23(42)18(7-21(39)40)35-34-9-16-6-14(19(37)10-30-17)3-4-15(16)8-32-25(43)33-12-28-13-36/h3-4,6,17-18,30,34-35H,1-2,5,7-12H2,(H,31,42)(H,39,40)(H4,26,27,29)(H2,32,33,43). The van der Waals surface area contributed by atoms with Crippen LogP contribution in [0.3, 0.4) is 0 Å². The van der Waals surface area contributed by atoms with E-state index < -0.39 is 60.3 Å². The molecule has 2 atom stereocenters. The number of guanidine groups is 1. The summed E-state index contributed by atoms with van der Waals surface area (Å²) in [5.41, 5.74) is 17.3. The number of carboxylic acid groups (broad SMARTS) is 1. The Morgan fingerprint density at radius 1 is 1.05 bits per heavy atom. The molecule has 1 aliphatic heterocycles. The molecular formula is C25H34N10O8. The first-order valence-electron chi connectivity index (χ1n) is 13.1. The first-order chi connectivity index (χ1) is 20.5. The van der Waals surface area contributed by atoms with E-state index in [2.05, 4.69) is 42.1 Å². The molecule has 0 saturated carbocycles. The number of amides is 3. The van der Waals surface area contributed by atoms with Gasteiger partial charge in [0.1, 0.15) is 12.7 Å². The van der Waals surface area contributed by atoms with E-state index in [4.69, 9.17) is 11.5 Å². The molecule has 18 heteroatoms. The van der Waals surface area contributed by atoms with Gasteiger partial charge in [0.05, 0.1) is 25.6 Å². The van der Waals surface area contributed by atoms with Gasteiger partial charge in [-0.3, -0.25) is 39.7 Å². The van der Waals surface area contributed by atoms with Crippen LogP contribution in [0, 0.1) is 0 Å². The summed E-state index contributed by atoms with van der Waals surface area (Å²) in [6.07, 6.45) is 1.03. The number of hydrazine groups is 1. The van der Waals surface area contributed by atoms with Crippen LogP contribution in [0.25, 0.3) is 0 Å². The number of carbonyl (C=O) groups excluding carboxylic acids is 6. The van der Waals surface area contributed by atoms with E-state index in [1.165, 1.54) is 18.2 Å². The number of nitrogens with zero attached hydrogens (tertiary/aromatic N) is 2. The van der Waals surface area contributed by atoms with Crippen LogP contribution >= 0.6 is 0 Å². The third-order valence-electron chi connectivity index (χ3n) is 6.07. The van der Waals surface area contributed by atoms with Crippen molar-refractivity contribution in [3.05, 3.63) is 34.9 Å². The lowest BCUT2D eigenvalue weighted by molar-refractivity contribution is -0.140. The summed E-state index contributed by atoms with van der Waals surface area (Å²) < 4.78 is 0. The number of urea groups is 1. The Morgan fingerprint density at radius 3 is 2.51 bits per heavy atom. The lowest BCUT2D eigenvalue weighted by atomic mass is 10.00. The van der Waals surface area contributed by atoms with Gasteiger partial charge in [-0.25, -0.2) is 15.0 Å². The van der Waals surface area contributed by atoms with Gasteiger partial charge < -0.3 is 32.5 Å². The van der Waals surface area contributed by atoms with Gasteiger partial charge in [0, 0.05) is 25.2 Å². The minimum Gasteiger partial charge on any atom is -0.481 e. The maximum atomic E-state index is 13.1. The monoisotopic (exact) mass is 602 g/mol. The fourth-order valence-corrected chi connectivity index (χ4v) is 3.89. The zero-order valence-corrected chi connectivity index (χ0v) is 23.1. The molecule has 1 aliphatic rings. The molecule has 2 unspecified atom stereocenters. The van der Waals surface area contributed by atoms with Crippen LogP contribution in [0.5, 0.6) is 0 Å². The largest absolute Gasteiger partial charge is 0.481 e. The van der Waals surface area contributed by atoms with E-state index in [1.807, 2.05) is 0 Å². The third-order valence-corrected chi connectivity index (χ3v) is 6.07. The Hall–Kier alpha value is -5.03. The van der Waals surface area contributed by atoms with Crippen molar-refractivity contribution in [3.63, 3.8) is 0 Å². The first-order valence-corrected chi connectivity index (χ1v) is 13.1. The molecule has 18 nitrogen and oxygen atoms in total. The smallest absolute Gasteiger partial charge is 0.316 e. The topological polar surface area (TPSA) is 289 Å². The van der Waals surface area contributed by atoms with Crippen molar-refractivity contribution in [1.29, 1.82) is 0 Å². The predicted octanol–water partition coefficient (Wildman–Crippen LogP) is -3.32. The number of carbonyl (C=O) groups is 6. The Bertz CT molecular complexity index is 1290. The summed E-state index contributed by atoms with van der Waals surface area (Å²) >= 11 is 0. The number of rotatable bonds is 10. The average molecular weight is 603 g/mol. The second kappa shape index (κ2) is 17.7. The minimum absolute atomic E-state index is 0.00606. The number of nitrogens with two attached hydrogens (primary N) is 2. The molecule has 232 valence electrons. The molecule has 0 spiro atoms. The second-order valence-electron chi connectivity index (χ2n) is 9.21. The Kier molecular flexibility index (Phi) is 14.1. The van der Waals surface area contributed by atoms with Crippen molar-refractivity contribution < 1.29 is 38.7 Å². The maximum absolute atomic E-state index is 13.1. The number of benzene rings is 1. The van der Waals surface area contributed by atoms with Gasteiger partial charge >= 0.3 is 12.0 Å². The van der Waals surface area contributed by atoms with E-state index in [1.54, 1.807) is 6.07 Å². The molecule has 43 heavy (non-hydrogen) atoms. The second-order valence-corrected chi connectivity index (χ2v) is 9.21. The van der Waals surface area contributed by atoms with Gasteiger partial charge in [-0.15, -0.1) is 0 Å². The SMILES string of the molecule is NC(N)=NCCCC1NCC(=O)c2ccc(CNC(=O)NCN=C=O)c(c2)CNNC(CC(=O)O)C(=O)NCC(=O)C1=O. The summed E-state index contributed by atoms with van der Waals surface area (Å²) in [5.74, 6) is -4.54. The number of Topliss-reactive ketones (excluding diaryl/α,β-unsaturated/α-hetero) is 3. The molecule has 3 amide bonds. The summed E-state index contributed by atoms with van der Waals surface area (Å²) in [5, 5.41) is 19.2. The van der Waals surface area contributed by atoms with E-state index >= 15 is 0 Å². The lowest BCUT2D eigenvalue weighted by Gasteiger charge is -2.20. The first kappa shape index (κ1) is 34.2. The highest BCUT2D eigenvalue weighted by Crippen LogP contribution is 2.14. The molecule has 1 heterocycles. The quantitative estimate of drug-likeness (QED) is 0.0417. The molecule has 0 fully saturated rings. The average Bonchev–Trinajstić information content (AvgIpc) is 2.96. The van der Waals surface area contributed by atoms with Crippen LogP contribution < -0.4 is 43.6 Å².